The molecule has 0 radical (unpaired) electrons. The third kappa shape index (κ3) is 5.50. The maximum absolute atomic E-state index is 14.5. The summed E-state index contributed by atoms with van der Waals surface area (Å²) in [6, 6.07) is 29.4. The minimum atomic E-state index is -4.51. The fourth-order valence-corrected chi connectivity index (χ4v) is 6.35. The summed E-state index contributed by atoms with van der Waals surface area (Å²) < 4.78 is 55.6. The van der Waals surface area contributed by atoms with Gasteiger partial charge in [-0.2, -0.15) is 13.2 Å². The highest BCUT2D eigenvalue weighted by Gasteiger charge is 2.47. The zero-order valence-electron chi connectivity index (χ0n) is 21.7. The predicted octanol–water partition coefficient (Wildman–Crippen LogP) is 7.63. The minimum Gasteiger partial charge on any atom is -0.280 e. The van der Waals surface area contributed by atoms with Crippen molar-refractivity contribution in [2.24, 2.45) is 5.92 Å². The first kappa shape index (κ1) is 27.6. The smallest absolute Gasteiger partial charge is 0.280 e. The summed E-state index contributed by atoms with van der Waals surface area (Å²) in [6.45, 7) is 6.26. The molecule has 3 atom stereocenters. The van der Waals surface area contributed by atoms with Gasteiger partial charge in [0.05, 0.1) is 22.4 Å². The molecule has 1 heterocycles. The molecule has 4 nitrogen and oxygen atoms in total. The molecule has 0 bridgehead atoms. The summed E-state index contributed by atoms with van der Waals surface area (Å²) >= 11 is 0. The van der Waals surface area contributed by atoms with Crippen LogP contribution >= 0.6 is 0 Å². The lowest BCUT2D eigenvalue weighted by Crippen LogP contribution is -2.37. The molecule has 0 aromatic heterocycles. The van der Waals surface area contributed by atoms with Crippen molar-refractivity contribution >= 4 is 28.3 Å². The summed E-state index contributed by atoms with van der Waals surface area (Å²) in [5.41, 5.74) is 2.46. The molecular formula is C32H27F3N2O2S. The average molecular weight is 561 g/mol. The number of alkyl halides is 3. The van der Waals surface area contributed by atoms with E-state index in [9.17, 15) is 22.2 Å². The maximum Gasteiger partial charge on any atom is 0.416 e. The van der Waals surface area contributed by atoms with E-state index in [1.165, 1.54) is 12.1 Å². The van der Waals surface area contributed by atoms with Crippen LogP contribution in [0, 0.1) is 12.8 Å². The molecule has 1 saturated heterocycles. The molecule has 5 rings (SSSR count). The number of carbonyl (C=O) groups is 1. The Morgan fingerprint density at radius 3 is 1.88 bits per heavy atom. The molecule has 40 heavy (non-hydrogen) atoms. The number of carbonyl (C=O) groups excluding carboxylic acids is 1. The fraction of sp³-hybridized carbons (Fsp3) is 0.156. The maximum atomic E-state index is 14.5. The Balaban J connectivity index is 1.61. The van der Waals surface area contributed by atoms with E-state index in [-0.39, 0.29) is 12.5 Å². The number of amides is 1. The van der Waals surface area contributed by atoms with Crippen LogP contribution in [-0.2, 0) is 22.0 Å². The van der Waals surface area contributed by atoms with E-state index in [0.717, 1.165) is 17.7 Å². The van der Waals surface area contributed by atoms with Gasteiger partial charge in [0.1, 0.15) is 11.0 Å². The standard InChI is InChI=1S/C32H27F3N2O2S/c1-22-13-19-28(20-14-22)40(39)36-21-23(2)29(30(36)24-15-17-25(18-16-24)32(33,34)35)31(38)37(26-9-5-3-6-10-26)27-11-7-4-8-12-27/h3-20,29-30H,2,21H2,1H3/t29-,30+,40+/m1/s1. The molecule has 1 aliphatic heterocycles. The van der Waals surface area contributed by atoms with Crippen LogP contribution in [0.3, 0.4) is 0 Å². The van der Waals surface area contributed by atoms with E-state index < -0.39 is 34.7 Å². The van der Waals surface area contributed by atoms with Crippen molar-refractivity contribution in [1.82, 2.24) is 4.31 Å². The third-order valence-electron chi connectivity index (χ3n) is 6.96. The summed E-state index contributed by atoms with van der Waals surface area (Å²) in [6.07, 6.45) is -4.51. The van der Waals surface area contributed by atoms with Gasteiger partial charge in [0.2, 0.25) is 5.91 Å². The highest BCUT2D eigenvalue weighted by atomic mass is 32.2. The van der Waals surface area contributed by atoms with E-state index in [4.69, 9.17) is 0 Å². The summed E-state index contributed by atoms with van der Waals surface area (Å²) in [7, 11) is -1.70. The molecule has 0 N–H and O–H groups in total. The van der Waals surface area contributed by atoms with Gasteiger partial charge in [0, 0.05) is 17.9 Å². The van der Waals surface area contributed by atoms with Crippen molar-refractivity contribution in [2.45, 2.75) is 24.0 Å². The Morgan fingerprint density at radius 1 is 0.850 bits per heavy atom. The largest absolute Gasteiger partial charge is 0.416 e. The van der Waals surface area contributed by atoms with Crippen molar-refractivity contribution in [3.8, 4) is 0 Å². The van der Waals surface area contributed by atoms with Crippen LogP contribution in [-0.4, -0.2) is 21.0 Å². The van der Waals surface area contributed by atoms with Gasteiger partial charge in [-0.05, 0) is 66.6 Å². The first-order valence-corrected chi connectivity index (χ1v) is 13.8. The normalized spacial score (nSPS) is 18.4. The highest BCUT2D eigenvalue weighted by molar-refractivity contribution is 7.82. The lowest BCUT2D eigenvalue weighted by atomic mass is 9.89. The SMILES string of the molecule is C=C1CN([S@@](=O)c2ccc(C)cc2)[C@@H](c2ccc(C(F)(F)F)cc2)[C@@H]1C(=O)N(c1ccccc1)c1ccccc1. The number of halogens is 3. The van der Waals surface area contributed by atoms with Gasteiger partial charge in [0.25, 0.3) is 0 Å². The molecule has 0 aliphatic carbocycles. The van der Waals surface area contributed by atoms with Crippen LogP contribution in [0.2, 0.25) is 0 Å². The first-order valence-electron chi connectivity index (χ1n) is 12.7. The Kier molecular flexibility index (Phi) is 7.74. The van der Waals surface area contributed by atoms with Crippen molar-refractivity contribution in [3.05, 3.63) is 138 Å². The van der Waals surface area contributed by atoms with Gasteiger partial charge in [-0.1, -0.05) is 72.8 Å². The molecule has 1 aliphatic rings. The molecule has 1 fully saturated rings. The van der Waals surface area contributed by atoms with Crippen LogP contribution in [0.5, 0.6) is 0 Å². The number of hydrogen-bond acceptors (Lipinski definition) is 2. The molecule has 0 unspecified atom stereocenters. The zero-order chi connectivity index (χ0) is 28.4. The second kappa shape index (κ2) is 11.2. The lowest BCUT2D eigenvalue weighted by Gasteiger charge is -2.31. The molecular weight excluding hydrogens is 533 g/mol. The fourth-order valence-electron chi connectivity index (χ4n) is 4.97. The summed E-state index contributed by atoms with van der Waals surface area (Å²) in [4.78, 5) is 16.6. The first-order chi connectivity index (χ1) is 19.1. The van der Waals surface area contributed by atoms with Crippen molar-refractivity contribution in [3.63, 3.8) is 0 Å². The van der Waals surface area contributed by atoms with E-state index in [0.29, 0.717) is 27.4 Å². The number of benzene rings is 4. The van der Waals surface area contributed by atoms with E-state index in [1.54, 1.807) is 21.3 Å². The van der Waals surface area contributed by atoms with Gasteiger partial charge in [-0.3, -0.25) is 9.69 Å². The molecule has 4 aromatic rings. The van der Waals surface area contributed by atoms with Gasteiger partial charge in [-0.15, -0.1) is 0 Å². The van der Waals surface area contributed by atoms with Gasteiger partial charge < -0.3 is 0 Å². The topological polar surface area (TPSA) is 40.6 Å². The summed E-state index contributed by atoms with van der Waals surface area (Å²) in [5, 5.41) is 0. The summed E-state index contributed by atoms with van der Waals surface area (Å²) in [5.74, 6) is -1.18. The van der Waals surface area contributed by atoms with Crippen molar-refractivity contribution < 1.29 is 22.2 Å². The number of anilines is 2. The number of rotatable bonds is 6. The van der Waals surface area contributed by atoms with Gasteiger partial charge in [0.15, 0.2) is 0 Å². The molecule has 204 valence electrons. The number of nitrogens with zero attached hydrogens (tertiary/aromatic N) is 2. The average Bonchev–Trinajstić information content (AvgIpc) is 3.31. The minimum absolute atomic E-state index is 0.139. The van der Waals surface area contributed by atoms with E-state index in [1.807, 2.05) is 79.7 Å². The van der Waals surface area contributed by atoms with Gasteiger partial charge in [-0.25, -0.2) is 8.51 Å². The van der Waals surface area contributed by atoms with Crippen LogP contribution in [0.15, 0.2) is 126 Å². The van der Waals surface area contributed by atoms with Crippen molar-refractivity contribution in [2.75, 3.05) is 11.4 Å². The van der Waals surface area contributed by atoms with E-state index in [2.05, 4.69) is 6.58 Å². The monoisotopic (exact) mass is 560 g/mol. The molecule has 0 saturated carbocycles. The van der Waals surface area contributed by atoms with E-state index >= 15 is 0 Å². The Bertz CT molecular complexity index is 1480. The van der Waals surface area contributed by atoms with Crippen LogP contribution < -0.4 is 4.90 Å². The van der Waals surface area contributed by atoms with Crippen LogP contribution in [0.25, 0.3) is 0 Å². The molecule has 8 heteroatoms. The van der Waals surface area contributed by atoms with Crippen molar-refractivity contribution in [1.29, 1.82) is 0 Å². The third-order valence-corrected chi connectivity index (χ3v) is 8.41. The van der Waals surface area contributed by atoms with Gasteiger partial charge >= 0.3 is 6.18 Å². The number of para-hydroxylation sites is 2. The molecule has 4 aromatic carbocycles. The molecule has 1 amide bonds. The highest BCUT2D eigenvalue weighted by Crippen LogP contribution is 2.45. The Morgan fingerprint density at radius 2 is 1.38 bits per heavy atom. The predicted molar refractivity (Wildman–Crippen MR) is 151 cm³/mol. The zero-order valence-corrected chi connectivity index (χ0v) is 22.5. The number of aryl methyl sites for hydroxylation is 1. The Hall–Kier alpha value is -4.01. The second-order valence-electron chi connectivity index (χ2n) is 9.68. The van der Waals surface area contributed by atoms with Crippen LogP contribution in [0.4, 0.5) is 24.5 Å². The Labute approximate surface area is 234 Å². The number of hydrogen-bond donors (Lipinski definition) is 0. The van der Waals surface area contributed by atoms with Crippen LogP contribution in [0.1, 0.15) is 22.7 Å². The quantitative estimate of drug-likeness (QED) is 0.228. The lowest BCUT2D eigenvalue weighted by molar-refractivity contribution is -0.137. The molecule has 0 spiro atoms. The second-order valence-corrected chi connectivity index (χ2v) is 11.1.